The van der Waals surface area contributed by atoms with Gasteiger partial charge in [-0.3, -0.25) is 0 Å². The number of hydrogen-bond donors (Lipinski definition) is 2. The molecule has 0 spiro atoms. The molecule has 172 valence electrons. The first-order valence-corrected chi connectivity index (χ1v) is 11.5. The summed E-state index contributed by atoms with van der Waals surface area (Å²) in [5, 5.41) is 4.69. The lowest BCUT2D eigenvalue weighted by atomic mass is 9.92. The number of aromatic amines is 1. The van der Waals surface area contributed by atoms with Crippen LogP contribution in [0, 0.1) is 6.92 Å². The molecule has 5 rings (SSSR count). The summed E-state index contributed by atoms with van der Waals surface area (Å²) in [4.78, 5) is 31.1. The highest BCUT2D eigenvalue weighted by Crippen LogP contribution is 2.39. The van der Waals surface area contributed by atoms with Crippen molar-refractivity contribution in [1.82, 2.24) is 9.88 Å². The van der Waals surface area contributed by atoms with Gasteiger partial charge >= 0.3 is 12.0 Å². The molecule has 1 aliphatic rings. The lowest BCUT2D eigenvalue weighted by Crippen LogP contribution is -2.43. The Morgan fingerprint density at radius 2 is 1.85 bits per heavy atom. The number of halogens is 1. The lowest BCUT2D eigenvalue weighted by molar-refractivity contribution is 0.0602. The van der Waals surface area contributed by atoms with Gasteiger partial charge in [-0.1, -0.05) is 53.6 Å². The lowest BCUT2D eigenvalue weighted by Gasteiger charge is -2.36. The number of H-pyrrole nitrogens is 1. The zero-order valence-electron chi connectivity index (χ0n) is 18.9. The first-order valence-electron chi connectivity index (χ1n) is 11.1. The summed E-state index contributed by atoms with van der Waals surface area (Å²) >= 11 is 6.28. The van der Waals surface area contributed by atoms with E-state index in [0.717, 1.165) is 27.7 Å². The molecular weight excluding hydrogens is 450 g/mol. The number of fused-ring (bicyclic) bond motifs is 3. The molecule has 2 heterocycles. The summed E-state index contributed by atoms with van der Waals surface area (Å²) in [6.07, 6.45) is 0.685. The monoisotopic (exact) mass is 473 g/mol. The van der Waals surface area contributed by atoms with E-state index in [1.807, 2.05) is 37.3 Å². The van der Waals surface area contributed by atoms with Crippen molar-refractivity contribution in [3.05, 3.63) is 99.7 Å². The van der Waals surface area contributed by atoms with Crippen molar-refractivity contribution < 1.29 is 14.3 Å². The number of nitrogens with zero attached hydrogens (tertiary/aromatic N) is 1. The van der Waals surface area contributed by atoms with Crippen molar-refractivity contribution in [3.8, 4) is 0 Å². The number of hydrogen-bond acceptors (Lipinski definition) is 3. The topological polar surface area (TPSA) is 74.4 Å². The number of esters is 1. The fraction of sp³-hybridized carbons (Fsp3) is 0.185. The molecule has 0 bridgehead atoms. The number of carbonyl (C=O) groups excluding carboxylic acids is 2. The van der Waals surface area contributed by atoms with Crippen LogP contribution in [0.3, 0.4) is 0 Å². The van der Waals surface area contributed by atoms with Crippen LogP contribution in [0.15, 0.2) is 66.7 Å². The van der Waals surface area contributed by atoms with Gasteiger partial charge in [-0.15, -0.1) is 0 Å². The highest BCUT2D eigenvalue weighted by atomic mass is 35.5. The summed E-state index contributed by atoms with van der Waals surface area (Å²) in [7, 11) is 1.32. The van der Waals surface area contributed by atoms with Crippen LogP contribution in [0.25, 0.3) is 10.9 Å². The van der Waals surface area contributed by atoms with E-state index in [-0.39, 0.29) is 12.1 Å². The minimum absolute atomic E-state index is 0.288. The number of aryl methyl sites for hydroxylation is 1. The molecule has 1 atom stereocenters. The smallest absolute Gasteiger partial charge is 0.339 e. The number of amides is 2. The first kappa shape index (κ1) is 22.0. The number of carbonyl (C=O) groups is 2. The van der Waals surface area contributed by atoms with E-state index in [9.17, 15) is 9.59 Å². The molecule has 6 nitrogen and oxygen atoms in total. The van der Waals surface area contributed by atoms with Crippen LogP contribution in [0.5, 0.6) is 0 Å². The molecule has 0 fully saturated rings. The van der Waals surface area contributed by atoms with E-state index in [4.69, 9.17) is 16.3 Å². The van der Waals surface area contributed by atoms with Crippen LogP contribution in [-0.2, 0) is 11.2 Å². The molecule has 34 heavy (non-hydrogen) atoms. The minimum atomic E-state index is -0.501. The standard InChI is InChI=1S/C27H24ClN3O3/c1-16-7-9-17(10-8-16)25-24-19(21-15-18(28)11-12-23(21)29-24)13-14-31(25)27(33)30-22-6-4-3-5-20(22)26(32)34-2/h3-12,15,25,29H,13-14H2,1-2H3,(H,30,33)/t25-/m1/s1. The Balaban J connectivity index is 1.57. The number of rotatable bonds is 3. The molecule has 7 heteroatoms. The maximum absolute atomic E-state index is 13.6. The van der Waals surface area contributed by atoms with Gasteiger partial charge in [0.1, 0.15) is 0 Å². The third-order valence-electron chi connectivity index (χ3n) is 6.32. The van der Waals surface area contributed by atoms with Gasteiger partial charge in [0.2, 0.25) is 0 Å². The van der Waals surface area contributed by atoms with E-state index in [2.05, 4.69) is 22.4 Å². The minimum Gasteiger partial charge on any atom is -0.465 e. The fourth-order valence-electron chi connectivity index (χ4n) is 4.64. The van der Waals surface area contributed by atoms with Crippen molar-refractivity contribution in [2.45, 2.75) is 19.4 Å². The number of aromatic nitrogens is 1. The number of ether oxygens (including phenoxy) is 1. The van der Waals surface area contributed by atoms with Crippen LogP contribution in [0.2, 0.25) is 5.02 Å². The third kappa shape index (κ3) is 3.90. The Morgan fingerprint density at radius 3 is 2.62 bits per heavy atom. The molecule has 2 amide bonds. The van der Waals surface area contributed by atoms with Crippen molar-refractivity contribution >= 4 is 40.2 Å². The van der Waals surface area contributed by atoms with Crippen molar-refractivity contribution in [2.24, 2.45) is 0 Å². The Kier molecular flexibility index (Phi) is 5.75. The molecule has 0 saturated carbocycles. The summed E-state index contributed by atoms with van der Waals surface area (Å²) in [5.74, 6) is -0.501. The van der Waals surface area contributed by atoms with Gasteiger partial charge < -0.3 is 19.9 Å². The number of para-hydroxylation sites is 1. The maximum atomic E-state index is 13.6. The predicted molar refractivity (Wildman–Crippen MR) is 134 cm³/mol. The Morgan fingerprint density at radius 1 is 1.09 bits per heavy atom. The number of methoxy groups -OCH3 is 1. The quantitative estimate of drug-likeness (QED) is 0.353. The summed E-state index contributed by atoms with van der Waals surface area (Å²) in [6.45, 7) is 2.55. The number of benzene rings is 3. The SMILES string of the molecule is COC(=O)c1ccccc1NC(=O)N1CCc2c([nH]c3ccc(Cl)cc23)[C@H]1c1ccc(C)cc1. The normalized spacial score (nSPS) is 15.1. The van der Waals surface area contributed by atoms with E-state index < -0.39 is 5.97 Å². The second-order valence-corrected chi connectivity index (χ2v) is 8.87. The number of nitrogens with one attached hydrogen (secondary N) is 2. The second-order valence-electron chi connectivity index (χ2n) is 8.43. The van der Waals surface area contributed by atoms with Crippen LogP contribution in [-0.4, -0.2) is 35.5 Å². The van der Waals surface area contributed by atoms with Gasteiger partial charge in [-0.2, -0.15) is 0 Å². The van der Waals surface area contributed by atoms with E-state index in [1.54, 1.807) is 29.2 Å². The van der Waals surface area contributed by atoms with Gasteiger partial charge in [0.25, 0.3) is 0 Å². The highest BCUT2D eigenvalue weighted by molar-refractivity contribution is 6.31. The molecule has 0 aliphatic carbocycles. The first-order chi connectivity index (χ1) is 16.5. The number of anilines is 1. The van der Waals surface area contributed by atoms with Crippen LogP contribution < -0.4 is 5.32 Å². The highest BCUT2D eigenvalue weighted by Gasteiger charge is 2.35. The molecule has 1 aromatic heterocycles. The number of urea groups is 1. The zero-order chi connectivity index (χ0) is 23.8. The predicted octanol–water partition coefficient (Wildman–Crippen LogP) is 6.10. The second kappa shape index (κ2) is 8.88. The maximum Gasteiger partial charge on any atom is 0.339 e. The van der Waals surface area contributed by atoms with E-state index in [1.165, 1.54) is 12.7 Å². The fourth-order valence-corrected chi connectivity index (χ4v) is 4.81. The zero-order valence-corrected chi connectivity index (χ0v) is 19.6. The molecule has 0 unspecified atom stereocenters. The molecule has 1 aliphatic heterocycles. The largest absolute Gasteiger partial charge is 0.465 e. The Bertz CT molecular complexity index is 1390. The average Bonchev–Trinajstić information content (AvgIpc) is 3.21. The van der Waals surface area contributed by atoms with Crippen molar-refractivity contribution in [2.75, 3.05) is 19.0 Å². The van der Waals surface area contributed by atoms with Crippen LogP contribution in [0.1, 0.15) is 38.8 Å². The molecule has 3 aromatic carbocycles. The molecule has 0 radical (unpaired) electrons. The van der Waals surface area contributed by atoms with E-state index in [0.29, 0.717) is 29.2 Å². The van der Waals surface area contributed by atoms with E-state index >= 15 is 0 Å². The molecular formula is C27H24ClN3O3. The summed E-state index contributed by atoms with van der Waals surface area (Å²) in [5.41, 5.74) is 6.00. The van der Waals surface area contributed by atoms with Crippen LogP contribution >= 0.6 is 11.6 Å². The summed E-state index contributed by atoms with van der Waals surface area (Å²) in [6, 6.07) is 20.2. The van der Waals surface area contributed by atoms with Gasteiger partial charge in [0, 0.05) is 28.2 Å². The van der Waals surface area contributed by atoms with Crippen molar-refractivity contribution in [1.29, 1.82) is 0 Å². The van der Waals surface area contributed by atoms with Gasteiger partial charge in [0.05, 0.1) is 24.4 Å². The third-order valence-corrected chi connectivity index (χ3v) is 6.55. The Labute approximate surface area is 202 Å². The molecule has 2 N–H and O–H groups in total. The van der Waals surface area contributed by atoms with Gasteiger partial charge in [0.15, 0.2) is 0 Å². The summed E-state index contributed by atoms with van der Waals surface area (Å²) < 4.78 is 4.88. The van der Waals surface area contributed by atoms with Gasteiger partial charge in [-0.25, -0.2) is 9.59 Å². The Hall–Kier alpha value is -3.77. The van der Waals surface area contributed by atoms with Crippen LogP contribution in [0.4, 0.5) is 10.5 Å². The molecule has 0 saturated heterocycles. The van der Waals surface area contributed by atoms with Crippen molar-refractivity contribution in [3.63, 3.8) is 0 Å². The van der Waals surface area contributed by atoms with Gasteiger partial charge in [-0.05, 0) is 54.8 Å². The average molecular weight is 474 g/mol. The molecule has 4 aromatic rings.